The van der Waals surface area contributed by atoms with E-state index in [2.05, 4.69) is 6.58 Å². The summed E-state index contributed by atoms with van der Waals surface area (Å²) in [5.74, 6) is 0.563. The number of hydrogen-bond acceptors (Lipinski definition) is 3. The molecule has 1 rings (SSSR count). The van der Waals surface area contributed by atoms with E-state index in [1.165, 1.54) is 0 Å². The van der Waals surface area contributed by atoms with Crippen molar-refractivity contribution in [2.75, 3.05) is 25.4 Å². The van der Waals surface area contributed by atoms with Gasteiger partial charge in [0, 0.05) is 18.7 Å². The smallest absolute Gasteiger partial charge is 0.254 e. The van der Waals surface area contributed by atoms with Crippen molar-refractivity contribution in [2.24, 2.45) is 0 Å². The molecular formula is C14H20N2O2. The summed E-state index contributed by atoms with van der Waals surface area (Å²) in [4.78, 5) is 13.9. The first-order valence-electron chi connectivity index (χ1n) is 6.06. The third-order valence-corrected chi connectivity index (χ3v) is 2.57. The van der Waals surface area contributed by atoms with Crippen molar-refractivity contribution in [3.63, 3.8) is 0 Å². The molecule has 0 atom stereocenters. The van der Waals surface area contributed by atoms with Crippen LogP contribution in [-0.4, -0.2) is 30.5 Å². The summed E-state index contributed by atoms with van der Waals surface area (Å²) in [6, 6.07) is 5.11. The van der Waals surface area contributed by atoms with Gasteiger partial charge in [0.05, 0.1) is 12.3 Å². The van der Waals surface area contributed by atoms with E-state index in [9.17, 15) is 4.79 Å². The van der Waals surface area contributed by atoms with Crippen molar-refractivity contribution in [2.45, 2.75) is 13.8 Å². The van der Waals surface area contributed by atoms with Crippen molar-refractivity contribution < 1.29 is 9.53 Å². The number of rotatable bonds is 6. The minimum Gasteiger partial charge on any atom is -0.492 e. The van der Waals surface area contributed by atoms with Crippen LogP contribution in [-0.2, 0) is 0 Å². The SMILES string of the molecule is C=CCN(CC)C(=O)c1ccc(OCC)c(N)c1. The van der Waals surface area contributed by atoms with E-state index in [-0.39, 0.29) is 5.91 Å². The van der Waals surface area contributed by atoms with Crippen molar-refractivity contribution in [3.8, 4) is 5.75 Å². The highest BCUT2D eigenvalue weighted by molar-refractivity contribution is 5.95. The molecule has 4 nitrogen and oxygen atoms in total. The zero-order valence-electron chi connectivity index (χ0n) is 11.0. The Bertz CT molecular complexity index is 430. The fourth-order valence-corrected chi connectivity index (χ4v) is 1.66. The van der Waals surface area contributed by atoms with E-state index in [4.69, 9.17) is 10.5 Å². The predicted octanol–water partition coefficient (Wildman–Crippen LogP) is 2.32. The largest absolute Gasteiger partial charge is 0.492 e. The standard InChI is InChI=1S/C14H20N2O2/c1-4-9-16(5-2)14(17)11-7-8-13(18-6-3)12(15)10-11/h4,7-8,10H,1,5-6,9,15H2,2-3H3. The topological polar surface area (TPSA) is 55.6 Å². The van der Waals surface area contributed by atoms with Crippen LogP contribution in [0.4, 0.5) is 5.69 Å². The fourth-order valence-electron chi connectivity index (χ4n) is 1.66. The van der Waals surface area contributed by atoms with Crippen LogP contribution in [0.15, 0.2) is 30.9 Å². The van der Waals surface area contributed by atoms with E-state index >= 15 is 0 Å². The van der Waals surface area contributed by atoms with E-state index in [1.807, 2.05) is 13.8 Å². The van der Waals surface area contributed by atoms with Crippen LogP contribution < -0.4 is 10.5 Å². The summed E-state index contributed by atoms with van der Waals surface area (Å²) < 4.78 is 5.34. The van der Waals surface area contributed by atoms with Crippen molar-refractivity contribution in [1.29, 1.82) is 0 Å². The number of amides is 1. The molecule has 1 amide bonds. The number of ether oxygens (including phenoxy) is 1. The summed E-state index contributed by atoms with van der Waals surface area (Å²) in [6.07, 6.45) is 1.71. The minimum absolute atomic E-state index is 0.0489. The summed E-state index contributed by atoms with van der Waals surface area (Å²) >= 11 is 0. The monoisotopic (exact) mass is 248 g/mol. The molecule has 1 aromatic carbocycles. The second kappa shape index (κ2) is 6.69. The highest BCUT2D eigenvalue weighted by Crippen LogP contribution is 2.23. The molecule has 0 aromatic heterocycles. The number of carbonyl (C=O) groups excluding carboxylic acids is 1. The van der Waals surface area contributed by atoms with Crippen LogP contribution in [0.2, 0.25) is 0 Å². The average molecular weight is 248 g/mol. The van der Waals surface area contributed by atoms with Gasteiger partial charge in [0.1, 0.15) is 5.75 Å². The van der Waals surface area contributed by atoms with Gasteiger partial charge >= 0.3 is 0 Å². The first kappa shape index (κ1) is 14.1. The second-order valence-corrected chi connectivity index (χ2v) is 3.82. The number of nitrogens with two attached hydrogens (primary N) is 1. The van der Waals surface area contributed by atoms with Gasteiger partial charge in [-0.1, -0.05) is 6.08 Å². The second-order valence-electron chi connectivity index (χ2n) is 3.82. The van der Waals surface area contributed by atoms with Crippen LogP contribution in [0.3, 0.4) is 0 Å². The van der Waals surface area contributed by atoms with Crippen molar-refractivity contribution >= 4 is 11.6 Å². The molecule has 18 heavy (non-hydrogen) atoms. The van der Waals surface area contributed by atoms with Gasteiger partial charge in [-0.25, -0.2) is 0 Å². The van der Waals surface area contributed by atoms with Gasteiger partial charge in [-0.3, -0.25) is 4.79 Å². The van der Waals surface area contributed by atoms with Crippen LogP contribution in [0.5, 0.6) is 5.75 Å². The van der Waals surface area contributed by atoms with Gasteiger partial charge in [0.15, 0.2) is 0 Å². The third-order valence-electron chi connectivity index (χ3n) is 2.57. The zero-order chi connectivity index (χ0) is 13.5. The number of hydrogen-bond donors (Lipinski definition) is 1. The fraction of sp³-hybridized carbons (Fsp3) is 0.357. The molecule has 0 aliphatic rings. The molecule has 4 heteroatoms. The maximum Gasteiger partial charge on any atom is 0.254 e. The number of nitrogens with zero attached hydrogens (tertiary/aromatic N) is 1. The first-order chi connectivity index (χ1) is 8.63. The lowest BCUT2D eigenvalue weighted by Gasteiger charge is -2.19. The number of likely N-dealkylation sites (N-methyl/N-ethyl adjacent to an activating group) is 1. The summed E-state index contributed by atoms with van der Waals surface area (Å²) in [7, 11) is 0. The normalized spacial score (nSPS) is 9.89. The summed E-state index contributed by atoms with van der Waals surface area (Å²) in [6.45, 7) is 9.18. The quantitative estimate of drug-likeness (QED) is 0.621. The zero-order valence-corrected chi connectivity index (χ0v) is 11.0. The Morgan fingerprint density at radius 2 is 2.22 bits per heavy atom. The number of carbonyl (C=O) groups is 1. The highest BCUT2D eigenvalue weighted by Gasteiger charge is 2.14. The molecule has 0 unspecified atom stereocenters. The lowest BCUT2D eigenvalue weighted by Crippen LogP contribution is -2.30. The Balaban J connectivity index is 2.92. The van der Waals surface area contributed by atoms with Gasteiger partial charge < -0.3 is 15.4 Å². The van der Waals surface area contributed by atoms with Crippen LogP contribution in [0.25, 0.3) is 0 Å². The number of nitrogen functional groups attached to an aromatic ring is 1. The molecule has 0 aliphatic carbocycles. The Morgan fingerprint density at radius 1 is 1.50 bits per heavy atom. The van der Waals surface area contributed by atoms with E-state index in [0.717, 1.165) is 0 Å². The van der Waals surface area contributed by atoms with Crippen molar-refractivity contribution in [1.82, 2.24) is 4.90 Å². The van der Waals surface area contributed by atoms with Crippen LogP contribution in [0, 0.1) is 0 Å². The minimum atomic E-state index is -0.0489. The van der Waals surface area contributed by atoms with E-state index < -0.39 is 0 Å². The Hall–Kier alpha value is -1.97. The highest BCUT2D eigenvalue weighted by atomic mass is 16.5. The van der Waals surface area contributed by atoms with E-state index in [1.54, 1.807) is 29.2 Å². The Labute approximate surface area is 108 Å². The van der Waals surface area contributed by atoms with Gasteiger partial charge in [-0.15, -0.1) is 6.58 Å². The van der Waals surface area contributed by atoms with Gasteiger partial charge in [-0.2, -0.15) is 0 Å². The lowest BCUT2D eigenvalue weighted by molar-refractivity contribution is 0.0782. The molecule has 0 bridgehead atoms. The maximum absolute atomic E-state index is 12.2. The predicted molar refractivity (Wildman–Crippen MR) is 73.8 cm³/mol. The third kappa shape index (κ3) is 3.26. The molecule has 0 saturated carbocycles. The number of benzene rings is 1. The van der Waals surface area contributed by atoms with Gasteiger partial charge in [0.2, 0.25) is 0 Å². The first-order valence-corrected chi connectivity index (χ1v) is 6.06. The van der Waals surface area contributed by atoms with E-state index in [0.29, 0.717) is 36.7 Å². The van der Waals surface area contributed by atoms with Crippen LogP contribution in [0.1, 0.15) is 24.2 Å². The molecule has 0 spiro atoms. The molecule has 0 heterocycles. The van der Waals surface area contributed by atoms with Gasteiger partial charge in [0.25, 0.3) is 5.91 Å². The maximum atomic E-state index is 12.2. The molecule has 1 aromatic rings. The van der Waals surface area contributed by atoms with Crippen LogP contribution >= 0.6 is 0 Å². The van der Waals surface area contributed by atoms with Gasteiger partial charge in [-0.05, 0) is 32.0 Å². The Morgan fingerprint density at radius 3 is 2.72 bits per heavy atom. The molecule has 0 radical (unpaired) electrons. The molecule has 0 saturated heterocycles. The summed E-state index contributed by atoms with van der Waals surface area (Å²) in [5.41, 5.74) is 6.90. The molecular weight excluding hydrogens is 228 g/mol. The average Bonchev–Trinajstić information content (AvgIpc) is 2.37. The summed E-state index contributed by atoms with van der Waals surface area (Å²) in [5, 5.41) is 0. The number of anilines is 1. The molecule has 0 fully saturated rings. The van der Waals surface area contributed by atoms with Crippen molar-refractivity contribution in [3.05, 3.63) is 36.4 Å². The molecule has 98 valence electrons. The molecule has 2 N–H and O–H groups in total. The molecule has 0 aliphatic heterocycles. The lowest BCUT2D eigenvalue weighted by atomic mass is 10.1. The Kier molecular flexibility index (Phi) is 5.24.